The summed E-state index contributed by atoms with van der Waals surface area (Å²) in [5.74, 6) is 0. The Kier molecular flexibility index (Phi) is 5.32. The molecular weight excluding hydrogens is 190 g/mol. The lowest BCUT2D eigenvalue weighted by Crippen LogP contribution is -2.31. The minimum Gasteiger partial charge on any atom is -0.396 e. The Balaban J connectivity index is 2.33. The van der Waals surface area contributed by atoms with E-state index in [1.54, 1.807) is 0 Å². The summed E-state index contributed by atoms with van der Waals surface area (Å²) < 4.78 is 0. The summed E-state index contributed by atoms with van der Waals surface area (Å²) >= 11 is 0. The normalized spacial score (nSPS) is 14.9. The highest BCUT2D eigenvalue weighted by Crippen LogP contribution is 2.10. The van der Waals surface area contributed by atoms with Crippen LogP contribution in [0, 0.1) is 0 Å². The van der Waals surface area contributed by atoms with Crippen molar-refractivity contribution in [1.29, 1.82) is 0 Å². The molecule has 0 saturated heterocycles. The third kappa shape index (κ3) is 4.42. The number of hydrogen-bond donors (Lipinski definition) is 3. The summed E-state index contributed by atoms with van der Waals surface area (Å²) in [5.41, 5.74) is 0.918. The van der Waals surface area contributed by atoms with Crippen molar-refractivity contribution in [1.82, 2.24) is 5.32 Å². The monoisotopic (exact) mass is 209 g/mol. The zero-order chi connectivity index (χ0) is 11.1. The van der Waals surface area contributed by atoms with E-state index in [1.807, 2.05) is 37.3 Å². The van der Waals surface area contributed by atoms with Crippen LogP contribution in [0.2, 0.25) is 0 Å². The topological polar surface area (TPSA) is 52.5 Å². The Bertz CT molecular complexity index is 264. The van der Waals surface area contributed by atoms with Gasteiger partial charge in [0.15, 0.2) is 0 Å². The van der Waals surface area contributed by atoms with Crippen molar-refractivity contribution in [2.75, 3.05) is 13.2 Å². The van der Waals surface area contributed by atoms with Gasteiger partial charge in [-0.1, -0.05) is 30.3 Å². The van der Waals surface area contributed by atoms with Gasteiger partial charge in [-0.3, -0.25) is 0 Å². The Morgan fingerprint density at radius 2 is 1.93 bits per heavy atom. The zero-order valence-electron chi connectivity index (χ0n) is 9.06. The molecule has 0 heterocycles. The summed E-state index contributed by atoms with van der Waals surface area (Å²) in [7, 11) is 0. The van der Waals surface area contributed by atoms with E-state index in [1.165, 1.54) is 0 Å². The molecular formula is C12H19NO2. The average Bonchev–Trinajstić information content (AvgIpc) is 2.27. The highest BCUT2D eigenvalue weighted by Gasteiger charge is 2.08. The van der Waals surface area contributed by atoms with Crippen LogP contribution in [0.3, 0.4) is 0 Å². The molecule has 15 heavy (non-hydrogen) atoms. The van der Waals surface area contributed by atoms with Crippen LogP contribution in [-0.4, -0.2) is 29.4 Å². The standard InChI is InChI=1S/C12H19NO2/c1-10(7-8-14)13-9-12(15)11-5-3-2-4-6-11/h2-6,10,12-15H,7-9H2,1H3. The molecule has 0 amide bonds. The van der Waals surface area contributed by atoms with Gasteiger partial charge in [-0.2, -0.15) is 0 Å². The van der Waals surface area contributed by atoms with Gasteiger partial charge in [0.2, 0.25) is 0 Å². The van der Waals surface area contributed by atoms with Gasteiger partial charge in [-0.25, -0.2) is 0 Å². The van der Waals surface area contributed by atoms with Gasteiger partial charge in [-0.05, 0) is 18.9 Å². The first-order chi connectivity index (χ1) is 7.24. The van der Waals surface area contributed by atoms with Crippen molar-refractivity contribution in [3.63, 3.8) is 0 Å². The number of aliphatic hydroxyl groups excluding tert-OH is 2. The molecule has 1 aromatic carbocycles. The van der Waals surface area contributed by atoms with Crippen LogP contribution in [0.5, 0.6) is 0 Å². The molecule has 0 aliphatic carbocycles. The molecule has 1 aromatic rings. The molecule has 2 unspecified atom stereocenters. The SMILES string of the molecule is CC(CCO)NCC(O)c1ccccc1. The van der Waals surface area contributed by atoms with Gasteiger partial charge >= 0.3 is 0 Å². The number of hydrogen-bond acceptors (Lipinski definition) is 3. The predicted octanol–water partition coefficient (Wildman–Crippen LogP) is 1.08. The number of rotatable bonds is 6. The van der Waals surface area contributed by atoms with Gasteiger partial charge in [0.05, 0.1) is 6.10 Å². The first kappa shape index (κ1) is 12.2. The highest BCUT2D eigenvalue weighted by atomic mass is 16.3. The lowest BCUT2D eigenvalue weighted by atomic mass is 10.1. The minimum atomic E-state index is -0.479. The molecule has 0 aromatic heterocycles. The number of benzene rings is 1. The molecule has 2 atom stereocenters. The molecule has 0 bridgehead atoms. The molecule has 0 saturated carbocycles. The summed E-state index contributed by atoms with van der Waals surface area (Å²) in [6, 6.07) is 9.80. The van der Waals surface area contributed by atoms with E-state index in [9.17, 15) is 5.11 Å². The van der Waals surface area contributed by atoms with Crippen LogP contribution in [0.25, 0.3) is 0 Å². The lowest BCUT2D eigenvalue weighted by Gasteiger charge is -2.16. The molecule has 0 fully saturated rings. The summed E-state index contributed by atoms with van der Waals surface area (Å²) in [5, 5.41) is 21.7. The Morgan fingerprint density at radius 1 is 1.27 bits per heavy atom. The van der Waals surface area contributed by atoms with E-state index in [-0.39, 0.29) is 12.6 Å². The van der Waals surface area contributed by atoms with E-state index in [4.69, 9.17) is 5.11 Å². The maximum absolute atomic E-state index is 9.81. The molecule has 3 N–H and O–H groups in total. The van der Waals surface area contributed by atoms with Crippen LogP contribution in [0.15, 0.2) is 30.3 Å². The molecule has 0 spiro atoms. The first-order valence-corrected chi connectivity index (χ1v) is 5.31. The van der Waals surface area contributed by atoms with Crippen LogP contribution in [-0.2, 0) is 0 Å². The number of aliphatic hydroxyl groups is 2. The Labute approximate surface area is 90.8 Å². The molecule has 84 valence electrons. The molecule has 3 heteroatoms. The second-order valence-electron chi connectivity index (χ2n) is 3.75. The van der Waals surface area contributed by atoms with Crippen LogP contribution >= 0.6 is 0 Å². The zero-order valence-corrected chi connectivity index (χ0v) is 9.06. The van der Waals surface area contributed by atoms with Crippen LogP contribution in [0.4, 0.5) is 0 Å². The van der Waals surface area contributed by atoms with Gasteiger partial charge in [0.25, 0.3) is 0 Å². The van der Waals surface area contributed by atoms with E-state index < -0.39 is 6.10 Å². The largest absolute Gasteiger partial charge is 0.396 e. The number of nitrogens with one attached hydrogen (secondary N) is 1. The summed E-state index contributed by atoms with van der Waals surface area (Å²) in [6.45, 7) is 2.69. The third-order valence-corrected chi connectivity index (χ3v) is 2.41. The fourth-order valence-corrected chi connectivity index (χ4v) is 1.40. The molecule has 3 nitrogen and oxygen atoms in total. The van der Waals surface area contributed by atoms with Crippen LogP contribution in [0.1, 0.15) is 25.0 Å². The maximum Gasteiger partial charge on any atom is 0.0914 e. The summed E-state index contributed by atoms with van der Waals surface area (Å²) in [4.78, 5) is 0. The molecule has 0 radical (unpaired) electrons. The van der Waals surface area contributed by atoms with Crippen molar-refractivity contribution < 1.29 is 10.2 Å². The van der Waals surface area contributed by atoms with E-state index in [0.717, 1.165) is 5.56 Å². The van der Waals surface area contributed by atoms with Gasteiger partial charge in [0.1, 0.15) is 0 Å². The van der Waals surface area contributed by atoms with Gasteiger partial charge in [0, 0.05) is 19.2 Å². The van der Waals surface area contributed by atoms with Crippen molar-refractivity contribution in [3.05, 3.63) is 35.9 Å². The molecule has 0 aliphatic heterocycles. The smallest absolute Gasteiger partial charge is 0.0914 e. The fourth-order valence-electron chi connectivity index (χ4n) is 1.40. The third-order valence-electron chi connectivity index (χ3n) is 2.41. The van der Waals surface area contributed by atoms with Crippen molar-refractivity contribution in [3.8, 4) is 0 Å². The minimum absolute atomic E-state index is 0.176. The average molecular weight is 209 g/mol. The quantitative estimate of drug-likeness (QED) is 0.657. The maximum atomic E-state index is 9.81. The van der Waals surface area contributed by atoms with E-state index in [0.29, 0.717) is 13.0 Å². The first-order valence-electron chi connectivity index (χ1n) is 5.31. The van der Waals surface area contributed by atoms with Crippen molar-refractivity contribution >= 4 is 0 Å². The molecule has 0 aliphatic rings. The Hall–Kier alpha value is -0.900. The molecule has 1 rings (SSSR count). The summed E-state index contributed by atoms with van der Waals surface area (Å²) in [6.07, 6.45) is 0.231. The lowest BCUT2D eigenvalue weighted by molar-refractivity contribution is 0.167. The van der Waals surface area contributed by atoms with Gasteiger partial charge < -0.3 is 15.5 Å². The van der Waals surface area contributed by atoms with Crippen LogP contribution < -0.4 is 5.32 Å². The second kappa shape index (κ2) is 6.56. The van der Waals surface area contributed by atoms with Crippen molar-refractivity contribution in [2.45, 2.75) is 25.5 Å². The highest BCUT2D eigenvalue weighted by molar-refractivity contribution is 5.17. The predicted molar refractivity (Wildman–Crippen MR) is 60.6 cm³/mol. The fraction of sp³-hybridized carbons (Fsp3) is 0.500. The van der Waals surface area contributed by atoms with Gasteiger partial charge in [-0.15, -0.1) is 0 Å². The van der Waals surface area contributed by atoms with E-state index >= 15 is 0 Å². The second-order valence-corrected chi connectivity index (χ2v) is 3.75. The Morgan fingerprint density at radius 3 is 2.53 bits per heavy atom. The van der Waals surface area contributed by atoms with E-state index in [2.05, 4.69) is 5.32 Å². The van der Waals surface area contributed by atoms with Crippen molar-refractivity contribution in [2.24, 2.45) is 0 Å².